The third-order valence-electron chi connectivity index (χ3n) is 2.81. The summed E-state index contributed by atoms with van der Waals surface area (Å²) < 4.78 is 10.8. The molecule has 0 atom stereocenters. The van der Waals surface area contributed by atoms with E-state index in [0.717, 1.165) is 11.1 Å². The Morgan fingerprint density at radius 2 is 1.95 bits per heavy atom. The monoisotopic (exact) mass is 277 g/mol. The Hall–Kier alpha value is -1.87. The summed E-state index contributed by atoms with van der Waals surface area (Å²) in [5, 5.41) is 0.701. The van der Waals surface area contributed by atoms with Crippen molar-refractivity contribution in [2.75, 3.05) is 12.8 Å². The van der Waals surface area contributed by atoms with Crippen LogP contribution >= 0.6 is 11.6 Å². The molecule has 0 saturated heterocycles. The van der Waals surface area contributed by atoms with Crippen molar-refractivity contribution >= 4 is 17.3 Å². The van der Waals surface area contributed by atoms with Crippen molar-refractivity contribution in [3.63, 3.8) is 0 Å². The lowest BCUT2D eigenvalue weighted by Gasteiger charge is -2.11. The molecule has 0 fully saturated rings. The zero-order chi connectivity index (χ0) is 13.8. The van der Waals surface area contributed by atoms with E-state index in [0.29, 0.717) is 28.8 Å². The molecule has 0 spiro atoms. The molecule has 0 heterocycles. The molecule has 0 saturated carbocycles. The summed E-state index contributed by atoms with van der Waals surface area (Å²) in [7, 11) is 1.60. The van der Waals surface area contributed by atoms with Crippen LogP contribution in [0.5, 0.6) is 11.5 Å². The molecule has 3 nitrogen and oxygen atoms in total. The van der Waals surface area contributed by atoms with Gasteiger partial charge in [0.25, 0.3) is 0 Å². The van der Waals surface area contributed by atoms with E-state index in [-0.39, 0.29) is 0 Å². The van der Waals surface area contributed by atoms with Crippen LogP contribution in [-0.2, 0) is 6.61 Å². The van der Waals surface area contributed by atoms with E-state index >= 15 is 0 Å². The second-order valence-electron chi connectivity index (χ2n) is 4.29. The zero-order valence-corrected chi connectivity index (χ0v) is 11.7. The van der Waals surface area contributed by atoms with Gasteiger partial charge in [-0.3, -0.25) is 0 Å². The van der Waals surface area contributed by atoms with Crippen LogP contribution in [0.2, 0.25) is 5.02 Å². The van der Waals surface area contributed by atoms with Crippen molar-refractivity contribution in [2.45, 2.75) is 13.5 Å². The highest BCUT2D eigenvalue weighted by Crippen LogP contribution is 2.28. The molecule has 2 rings (SSSR count). The largest absolute Gasteiger partial charge is 0.497 e. The minimum absolute atomic E-state index is 0.385. The molecule has 0 unspecified atom stereocenters. The van der Waals surface area contributed by atoms with Crippen LogP contribution in [0.15, 0.2) is 36.4 Å². The summed E-state index contributed by atoms with van der Waals surface area (Å²) in [5.41, 5.74) is 8.49. The van der Waals surface area contributed by atoms with Gasteiger partial charge in [0, 0.05) is 16.7 Å². The number of nitrogen functional groups attached to an aromatic ring is 1. The first kappa shape index (κ1) is 13.6. The fraction of sp³-hybridized carbons (Fsp3) is 0.200. The standard InChI is InChI=1S/C15H16ClNO2/c1-10-3-4-11(13(16)7-10)9-19-15-6-5-12(18-2)8-14(15)17/h3-8H,9,17H2,1-2H3. The quantitative estimate of drug-likeness (QED) is 0.864. The summed E-state index contributed by atoms with van der Waals surface area (Å²) in [6, 6.07) is 11.2. The number of benzene rings is 2. The van der Waals surface area contributed by atoms with Crippen LogP contribution in [0.4, 0.5) is 5.69 Å². The Labute approximate surface area is 117 Å². The van der Waals surface area contributed by atoms with Crippen LogP contribution < -0.4 is 15.2 Å². The van der Waals surface area contributed by atoms with Gasteiger partial charge in [0.1, 0.15) is 18.1 Å². The molecule has 0 aliphatic carbocycles. The second-order valence-corrected chi connectivity index (χ2v) is 4.69. The number of nitrogens with two attached hydrogens (primary N) is 1. The average molecular weight is 278 g/mol. The van der Waals surface area contributed by atoms with Gasteiger partial charge in [-0.05, 0) is 30.7 Å². The molecule has 0 aromatic heterocycles. The van der Waals surface area contributed by atoms with E-state index in [1.165, 1.54) is 0 Å². The second kappa shape index (κ2) is 5.85. The molecule has 0 radical (unpaired) electrons. The van der Waals surface area contributed by atoms with Gasteiger partial charge in [-0.1, -0.05) is 23.7 Å². The van der Waals surface area contributed by atoms with Gasteiger partial charge < -0.3 is 15.2 Å². The van der Waals surface area contributed by atoms with E-state index in [4.69, 9.17) is 26.8 Å². The minimum atomic E-state index is 0.385. The lowest BCUT2D eigenvalue weighted by molar-refractivity contribution is 0.307. The van der Waals surface area contributed by atoms with Crippen molar-refractivity contribution < 1.29 is 9.47 Å². The van der Waals surface area contributed by atoms with Gasteiger partial charge in [-0.2, -0.15) is 0 Å². The number of aryl methyl sites for hydroxylation is 1. The maximum atomic E-state index is 6.15. The SMILES string of the molecule is COc1ccc(OCc2ccc(C)cc2Cl)c(N)c1. The third-order valence-corrected chi connectivity index (χ3v) is 3.16. The maximum Gasteiger partial charge on any atom is 0.142 e. The highest BCUT2D eigenvalue weighted by Gasteiger charge is 2.05. The summed E-state index contributed by atoms with van der Waals surface area (Å²) in [6.07, 6.45) is 0. The lowest BCUT2D eigenvalue weighted by Crippen LogP contribution is -2.00. The Kier molecular flexibility index (Phi) is 4.17. The van der Waals surface area contributed by atoms with Crippen molar-refractivity contribution in [1.82, 2.24) is 0 Å². The first-order valence-electron chi connectivity index (χ1n) is 5.91. The highest BCUT2D eigenvalue weighted by atomic mass is 35.5. The van der Waals surface area contributed by atoms with Gasteiger partial charge in [-0.15, -0.1) is 0 Å². The van der Waals surface area contributed by atoms with Gasteiger partial charge >= 0.3 is 0 Å². The molecule has 0 aliphatic rings. The molecule has 19 heavy (non-hydrogen) atoms. The Balaban J connectivity index is 2.10. The predicted octanol–water partition coefficient (Wildman–Crippen LogP) is 3.82. The summed E-state index contributed by atoms with van der Waals surface area (Å²) in [6.45, 7) is 2.38. The van der Waals surface area contributed by atoms with Gasteiger partial charge in [0.2, 0.25) is 0 Å². The van der Waals surface area contributed by atoms with Gasteiger partial charge in [-0.25, -0.2) is 0 Å². The molecule has 100 valence electrons. The summed E-state index contributed by atoms with van der Waals surface area (Å²) >= 11 is 6.15. The van der Waals surface area contributed by atoms with E-state index in [1.54, 1.807) is 19.2 Å². The predicted molar refractivity (Wildman–Crippen MR) is 77.9 cm³/mol. The topological polar surface area (TPSA) is 44.5 Å². The number of methoxy groups -OCH3 is 1. The van der Waals surface area contributed by atoms with Gasteiger partial charge in [0.05, 0.1) is 12.8 Å². The van der Waals surface area contributed by atoms with E-state index in [2.05, 4.69) is 0 Å². The summed E-state index contributed by atoms with van der Waals surface area (Å²) in [4.78, 5) is 0. The molecule has 0 aliphatic heterocycles. The number of hydrogen-bond donors (Lipinski definition) is 1. The van der Waals surface area contributed by atoms with Gasteiger partial charge in [0.15, 0.2) is 0 Å². The van der Waals surface area contributed by atoms with Crippen molar-refractivity contribution in [2.24, 2.45) is 0 Å². The van der Waals surface area contributed by atoms with Crippen LogP contribution in [-0.4, -0.2) is 7.11 Å². The Bertz CT molecular complexity index is 584. The average Bonchev–Trinajstić information content (AvgIpc) is 2.39. The molecule has 2 N–H and O–H groups in total. The van der Waals surface area contributed by atoms with Crippen LogP contribution in [0.25, 0.3) is 0 Å². The number of halogens is 1. The smallest absolute Gasteiger partial charge is 0.142 e. The fourth-order valence-electron chi connectivity index (χ4n) is 1.71. The van der Waals surface area contributed by atoms with Crippen molar-refractivity contribution in [3.8, 4) is 11.5 Å². The molecular formula is C15H16ClNO2. The molecule has 0 amide bonds. The molecule has 2 aromatic carbocycles. The normalized spacial score (nSPS) is 10.3. The van der Waals surface area contributed by atoms with Crippen LogP contribution in [0, 0.1) is 6.92 Å². The molecular weight excluding hydrogens is 262 g/mol. The van der Waals surface area contributed by atoms with Crippen molar-refractivity contribution in [1.29, 1.82) is 0 Å². The molecule has 0 bridgehead atoms. The lowest BCUT2D eigenvalue weighted by atomic mass is 10.1. The number of hydrogen-bond acceptors (Lipinski definition) is 3. The molecule has 4 heteroatoms. The summed E-state index contributed by atoms with van der Waals surface area (Å²) in [5.74, 6) is 1.33. The zero-order valence-electron chi connectivity index (χ0n) is 10.9. The maximum absolute atomic E-state index is 6.15. The van der Waals surface area contributed by atoms with Crippen LogP contribution in [0.1, 0.15) is 11.1 Å². The number of anilines is 1. The first-order chi connectivity index (χ1) is 9.10. The Morgan fingerprint density at radius 1 is 1.16 bits per heavy atom. The van der Waals surface area contributed by atoms with Crippen molar-refractivity contribution in [3.05, 3.63) is 52.5 Å². The van der Waals surface area contributed by atoms with Crippen LogP contribution in [0.3, 0.4) is 0 Å². The number of rotatable bonds is 4. The highest BCUT2D eigenvalue weighted by molar-refractivity contribution is 6.31. The Morgan fingerprint density at radius 3 is 2.58 bits per heavy atom. The molecule has 2 aromatic rings. The van der Waals surface area contributed by atoms with E-state index < -0.39 is 0 Å². The fourth-order valence-corrected chi connectivity index (χ4v) is 2.00. The first-order valence-corrected chi connectivity index (χ1v) is 6.29. The number of ether oxygens (including phenoxy) is 2. The third kappa shape index (κ3) is 3.32. The minimum Gasteiger partial charge on any atom is -0.497 e. The van der Waals surface area contributed by atoms with E-state index in [9.17, 15) is 0 Å². The van der Waals surface area contributed by atoms with E-state index in [1.807, 2.05) is 31.2 Å².